The summed E-state index contributed by atoms with van der Waals surface area (Å²) in [7, 11) is 7.36. The lowest BCUT2D eigenvalue weighted by Crippen LogP contribution is -2.52. The predicted octanol–water partition coefficient (Wildman–Crippen LogP) is 0.983. The lowest BCUT2D eigenvalue weighted by Gasteiger charge is -2.40. The Labute approximate surface area is 120 Å². The second-order valence-corrected chi connectivity index (χ2v) is 5.37. The van der Waals surface area contributed by atoms with Crippen LogP contribution in [0, 0.1) is 0 Å². The Morgan fingerprint density at radius 2 is 1.85 bits per heavy atom. The number of ether oxygens (including phenoxy) is 2. The third kappa shape index (κ3) is 3.06. The molecule has 1 aliphatic heterocycles. The summed E-state index contributed by atoms with van der Waals surface area (Å²) in [4.78, 5) is 4.45. The fourth-order valence-electron chi connectivity index (χ4n) is 2.64. The quantitative estimate of drug-likeness (QED) is 0.891. The second-order valence-electron chi connectivity index (χ2n) is 5.37. The van der Waals surface area contributed by atoms with Crippen LogP contribution in [0.25, 0.3) is 0 Å². The topological polar surface area (TPSA) is 45.2 Å². The van der Waals surface area contributed by atoms with Gasteiger partial charge in [-0.1, -0.05) is 6.07 Å². The van der Waals surface area contributed by atoms with Crippen molar-refractivity contribution in [3.05, 3.63) is 23.8 Å². The summed E-state index contributed by atoms with van der Waals surface area (Å²) in [6.45, 7) is 2.85. The fourth-order valence-corrected chi connectivity index (χ4v) is 2.64. The molecule has 1 aromatic rings. The van der Waals surface area contributed by atoms with E-state index >= 15 is 0 Å². The highest BCUT2D eigenvalue weighted by Gasteiger charge is 2.30. The molecule has 0 saturated carbocycles. The van der Waals surface area contributed by atoms with Crippen molar-refractivity contribution in [2.75, 3.05) is 47.9 Å². The third-order valence-electron chi connectivity index (χ3n) is 4.01. The molecule has 1 fully saturated rings. The van der Waals surface area contributed by atoms with Gasteiger partial charge in [-0.25, -0.2) is 0 Å². The van der Waals surface area contributed by atoms with E-state index in [2.05, 4.69) is 23.9 Å². The van der Waals surface area contributed by atoms with E-state index in [0.29, 0.717) is 11.5 Å². The van der Waals surface area contributed by atoms with Crippen LogP contribution < -0.4 is 9.47 Å². The third-order valence-corrected chi connectivity index (χ3v) is 4.01. The van der Waals surface area contributed by atoms with Gasteiger partial charge in [-0.15, -0.1) is 0 Å². The zero-order valence-electron chi connectivity index (χ0n) is 12.7. The van der Waals surface area contributed by atoms with Crippen molar-refractivity contribution in [2.45, 2.75) is 12.1 Å². The van der Waals surface area contributed by atoms with Gasteiger partial charge in [0, 0.05) is 19.6 Å². The number of hydrogen-bond acceptors (Lipinski definition) is 5. The Morgan fingerprint density at radius 1 is 1.15 bits per heavy atom. The summed E-state index contributed by atoms with van der Waals surface area (Å²) < 4.78 is 10.5. The first-order valence-electron chi connectivity index (χ1n) is 6.85. The van der Waals surface area contributed by atoms with Crippen LogP contribution in [0.4, 0.5) is 0 Å². The molecule has 0 aromatic heterocycles. The highest BCUT2D eigenvalue weighted by Crippen LogP contribution is 2.32. The van der Waals surface area contributed by atoms with Crippen molar-refractivity contribution in [3.63, 3.8) is 0 Å². The Hall–Kier alpha value is -1.30. The molecular weight excluding hydrogens is 256 g/mol. The van der Waals surface area contributed by atoms with Gasteiger partial charge < -0.3 is 19.5 Å². The Kier molecular flexibility index (Phi) is 4.86. The predicted molar refractivity (Wildman–Crippen MR) is 78.4 cm³/mol. The van der Waals surface area contributed by atoms with Gasteiger partial charge in [0.05, 0.1) is 26.4 Å². The number of nitrogens with zero attached hydrogens (tertiary/aromatic N) is 2. The molecule has 0 amide bonds. The van der Waals surface area contributed by atoms with E-state index < -0.39 is 6.10 Å². The van der Waals surface area contributed by atoms with Crippen LogP contribution in [-0.2, 0) is 0 Å². The highest BCUT2D eigenvalue weighted by atomic mass is 16.5. The molecule has 20 heavy (non-hydrogen) atoms. The molecule has 112 valence electrons. The number of hydrogen-bond donors (Lipinski definition) is 1. The van der Waals surface area contributed by atoms with E-state index in [9.17, 15) is 5.11 Å². The van der Waals surface area contributed by atoms with E-state index in [0.717, 1.165) is 25.2 Å². The average molecular weight is 280 g/mol. The monoisotopic (exact) mass is 280 g/mol. The molecular formula is C15H24N2O3. The van der Waals surface area contributed by atoms with Gasteiger partial charge in [0.25, 0.3) is 0 Å². The first kappa shape index (κ1) is 15.1. The molecule has 1 aromatic carbocycles. The van der Waals surface area contributed by atoms with Crippen LogP contribution in [0.15, 0.2) is 18.2 Å². The van der Waals surface area contributed by atoms with Gasteiger partial charge in [0.1, 0.15) is 0 Å². The molecule has 5 heteroatoms. The number of rotatable bonds is 4. The summed E-state index contributed by atoms with van der Waals surface area (Å²) in [5.41, 5.74) is 0.856. The van der Waals surface area contributed by atoms with Crippen molar-refractivity contribution in [1.29, 1.82) is 0 Å². The summed E-state index contributed by atoms with van der Waals surface area (Å²) in [5.74, 6) is 1.33. The molecule has 2 rings (SSSR count). The van der Waals surface area contributed by atoms with Gasteiger partial charge in [-0.2, -0.15) is 0 Å². The SMILES string of the molecule is COc1ccc(C(O)C2CN(C)CCN2C)cc1OC. The molecule has 0 radical (unpaired) electrons. The zero-order valence-corrected chi connectivity index (χ0v) is 12.7. The average Bonchev–Trinajstić information content (AvgIpc) is 2.48. The molecule has 1 N–H and O–H groups in total. The lowest BCUT2D eigenvalue weighted by molar-refractivity contribution is 0.0137. The second kappa shape index (κ2) is 6.43. The van der Waals surface area contributed by atoms with Gasteiger partial charge in [0.15, 0.2) is 11.5 Å². The summed E-state index contributed by atoms with van der Waals surface area (Å²) in [6.07, 6.45) is -0.539. The molecule has 2 atom stereocenters. The standard InChI is InChI=1S/C15H24N2O3/c1-16-7-8-17(2)12(10-16)15(18)11-5-6-13(19-3)14(9-11)20-4/h5-6,9,12,15,18H,7-8,10H2,1-4H3. The van der Waals surface area contributed by atoms with Gasteiger partial charge in [0.2, 0.25) is 0 Å². The number of piperazine rings is 1. The molecule has 5 nitrogen and oxygen atoms in total. The number of likely N-dealkylation sites (N-methyl/N-ethyl adjacent to an activating group) is 2. The largest absolute Gasteiger partial charge is 0.493 e. The minimum absolute atomic E-state index is 0.0897. The summed E-state index contributed by atoms with van der Waals surface area (Å²) in [6, 6.07) is 5.68. The smallest absolute Gasteiger partial charge is 0.161 e. The van der Waals surface area contributed by atoms with Crippen LogP contribution >= 0.6 is 0 Å². The first-order chi connectivity index (χ1) is 9.56. The van der Waals surface area contributed by atoms with Crippen LogP contribution in [0.1, 0.15) is 11.7 Å². The number of benzene rings is 1. The van der Waals surface area contributed by atoms with Gasteiger partial charge in [-0.3, -0.25) is 4.90 Å². The lowest BCUT2D eigenvalue weighted by atomic mass is 9.99. The van der Waals surface area contributed by atoms with Crippen LogP contribution in [-0.4, -0.2) is 68.9 Å². The summed E-state index contributed by atoms with van der Waals surface area (Å²) in [5, 5.41) is 10.7. The molecule has 1 heterocycles. The maximum atomic E-state index is 10.7. The van der Waals surface area contributed by atoms with E-state index in [1.54, 1.807) is 14.2 Å². The van der Waals surface area contributed by atoms with Gasteiger partial charge in [-0.05, 0) is 31.8 Å². The maximum Gasteiger partial charge on any atom is 0.161 e. The fraction of sp³-hybridized carbons (Fsp3) is 0.600. The van der Waals surface area contributed by atoms with Crippen LogP contribution in [0.3, 0.4) is 0 Å². The number of methoxy groups -OCH3 is 2. The first-order valence-corrected chi connectivity index (χ1v) is 6.85. The Balaban J connectivity index is 2.21. The van der Waals surface area contributed by atoms with Crippen molar-refractivity contribution in [3.8, 4) is 11.5 Å². The Bertz CT molecular complexity index is 453. The zero-order chi connectivity index (χ0) is 14.7. The Morgan fingerprint density at radius 3 is 2.50 bits per heavy atom. The minimum Gasteiger partial charge on any atom is -0.493 e. The molecule has 1 aliphatic rings. The van der Waals surface area contributed by atoms with E-state index in [-0.39, 0.29) is 6.04 Å². The van der Waals surface area contributed by atoms with E-state index in [1.165, 1.54) is 0 Å². The van der Waals surface area contributed by atoms with Crippen LogP contribution in [0.2, 0.25) is 0 Å². The van der Waals surface area contributed by atoms with E-state index in [1.807, 2.05) is 18.2 Å². The molecule has 0 bridgehead atoms. The van der Waals surface area contributed by atoms with Crippen molar-refractivity contribution in [2.24, 2.45) is 0 Å². The van der Waals surface area contributed by atoms with E-state index in [4.69, 9.17) is 9.47 Å². The van der Waals surface area contributed by atoms with Crippen LogP contribution in [0.5, 0.6) is 11.5 Å². The molecule has 2 unspecified atom stereocenters. The summed E-state index contributed by atoms with van der Waals surface area (Å²) >= 11 is 0. The minimum atomic E-state index is -0.539. The van der Waals surface area contributed by atoms with Crippen molar-refractivity contribution < 1.29 is 14.6 Å². The van der Waals surface area contributed by atoms with Crippen molar-refractivity contribution >= 4 is 0 Å². The molecule has 0 aliphatic carbocycles. The maximum absolute atomic E-state index is 10.7. The number of aliphatic hydroxyl groups is 1. The molecule has 1 saturated heterocycles. The van der Waals surface area contributed by atoms with Crippen molar-refractivity contribution in [1.82, 2.24) is 9.80 Å². The number of aliphatic hydroxyl groups excluding tert-OH is 1. The molecule has 0 spiro atoms. The normalized spacial score (nSPS) is 22.6. The highest BCUT2D eigenvalue weighted by molar-refractivity contribution is 5.43. The van der Waals surface area contributed by atoms with Gasteiger partial charge >= 0.3 is 0 Å².